The van der Waals surface area contributed by atoms with Gasteiger partial charge in [0.25, 0.3) is 0 Å². The second-order valence-corrected chi connectivity index (χ2v) is 5.88. The van der Waals surface area contributed by atoms with Gasteiger partial charge in [0, 0.05) is 6.42 Å². The summed E-state index contributed by atoms with van der Waals surface area (Å²) in [6, 6.07) is 0.0567. The molecule has 0 aliphatic heterocycles. The van der Waals surface area contributed by atoms with E-state index in [2.05, 4.69) is 37.9 Å². The van der Waals surface area contributed by atoms with Gasteiger partial charge in [-0.2, -0.15) is 0 Å². The highest BCUT2D eigenvalue weighted by Gasteiger charge is 2.16. The summed E-state index contributed by atoms with van der Waals surface area (Å²) in [5, 5.41) is 10.3. The Morgan fingerprint density at radius 2 is 2.00 bits per heavy atom. The Kier molecular flexibility index (Phi) is 3.61. The van der Waals surface area contributed by atoms with Gasteiger partial charge in [0.05, 0.1) is 6.04 Å². The van der Waals surface area contributed by atoms with Crippen LogP contribution < -0.4 is 5.73 Å². The number of aromatic nitrogens is 2. The summed E-state index contributed by atoms with van der Waals surface area (Å²) in [6.07, 6.45) is 1.89. The molecule has 1 unspecified atom stereocenters. The van der Waals surface area contributed by atoms with Gasteiger partial charge in [0.15, 0.2) is 0 Å². The quantitative estimate of drug-likeness (QED) is 0.839. The molecule has 0 amide bonds. The molecule has 14 heavy (non-hydrogen) atoms. The summed E-state index contributed by atoms with van der Waals surface area (Å²) >= 11 is 1.65. The smallest absolute Gasteiger partial charge is 0.134 e. The van der Waals surface area contributed by atoms with Crippen LogP contribution in [-0.4, -0.2) is 10.2 Å². The molecule has 1 aromatic rings. The first-order chi connectivity index (χ1) is 6.42. The number of nitrogens with zero attached hydrogens (tertiary/aromatic N) is 2. The molecule has 0 spiro atoms. The van der Waals surface area contributed by atoms with E-state index in [9.17, 15) is 0 Å². The standard InChI is InChI=1S/C10H19N3S/c1-5-7(11)9-13-12-8(14-9)6-10(2,3)4/h7H,5-6,11H2,1-4H3. The lowest BCUT2D eigenvalue weighted by Crippen LogP contribution is -2.08. The van der Waals surface area contributed by atoms with Crippen LogP contribution in [0.2, 0.25) is 0 Å². The second kappa shape index (κ2) is 4.36. The van der Waals surface area contributed by atoms with Crippen molar-refractivity contribution in [3.05, 3.63) is 10.0 Å². The van der Waals surface area contributed by atoms with E-state index >= 15 is 0 Å². The molecule has 0 aliphatic carbocycles. The average molecular weight is 213 g/mol. The van der Waals surface area contributed by atoms with Crippen molar-refractivity contribution in [2.75, 3.05) is 0 Å². The Bertz CT molecular complexity index is 288. The third kappa shape index (κ3) is 3.35. The fourth-order valence-corrected chi connectivity index (χ4v) is 2.34. The van der Waals surface area contributed by atoms with E-state index < -0.39 is 0 Å². The van der Waals surface area contributed by atoms with Crippen molar-refractivity contribution < 1.29 is 0 Å². The van der Waals surface area contributed by atoms with Crippen molar-refractivity contribution in [2.45, 2.75) is 46.6 Å². The van der Waals surface area contributed by atoms with Gasteiger partial charge in [-0.05, 0) is 11.8 Å². The van der Waals surface area contributed by atoms with Gasteiger partial charge >= 0.3 is 0 Å². The molecule has 0 bridgehead atoms. The van der Waals surface area contributed by atoms with Crippen molar-refractivity contribution in [1.82, 2.24) is 10.2 Å². The zero-order chi connectivity index (χ0) is 10.8. The predicted molar refractivity (Wildman–Crippen MR) is 60.3 cm³/mol. The Morgan fingerprint density at radius 1 is 1.36 bits per heavy atom. The molecule has 0 aromatic carbocycles. The monoisotopic (exact) mass is 213 g/mol. The minimum Gasteiger partial charge on any atom is -0.322 e. The van der Waals surface area contributed by atoms with Gasteiger partial charge in [-0.3, -0.25) is 0 Å². The summed E-state index contributed by atoms with van der Waals surface area (Å²) in [6.45, 7) is 8.67. The van der Waals surface area contributed by atoms with Crippen molar-refractivity contribution in [1.29, 1.82) is 0 Å². The lowest BCUT2D eigenvalue weighted by atomic mass is 9.93. The van der Waals surface area contributed by atoms with Gasteiger partial charge in [-0.1, -0.05) is 39.0 Å². The molecule has 4 heteroatoms. The highest BCUT2D eigenvalue weighted by Crippen LogP contribution is 2.25. The average Bonchev–Trinajstić information content (AvgIpc) is 2.48. The molecule has 2 N–H and O–H groups in total. The summed E-state index contributed by atoms with van der Waals surface area (Å²) in [7, 11) is 0. The first-order valence-electron chi connectivity index (χ1n) is 5.00. The summed E-state index contributed by atoms with van der Waals surface area (Å²) in [4.78, 5) is 0. The minimum atomic E-state index is 0.0567. The number of hydrogen-bond acceptors (Lipinski definition) is 4. The van der Waals surface area contributed by atoms with Crippen molar-refractivity contribution >= 4 is 11.3 Å². The van der Waals surface area contributed by atoms with E-state index in [-0.39, 0.29) is 11.5 Å². The fourth-order valence-electron chi connectivity index (χ4n) is 1.12. The maximum absolute atomic E-state index is 5.88. The van der Waals surface area contributed by atoms with Crippen molar-refractivity contribution in [2.24, 2.45) is 11.1 Å². The third-order valence-electron chi connectivity index (χ3n) is 1.92. The molecule has 0 radical (unpaired) electrons. The topological polar surface area (TPSA) is 51.8 Å². The molecule has 1 atom stereocenters. The fraction of sp³-hybridized carbons (Fsp3) is 0.800. The van der Waals surface area contributed by atoms with Gasteiger partial charge in [0.2, 0.25) is 0 Å². The van der Waals surface area contributed by atoms with Crippen LogP contribution in [0.15, 0.2) is 0 Å². The first kappa shape index (κ1) is 11.6. The zero-order valence-electron chi connectivity index (χ0n) is 9.37. The lowest BCUT2D eigenvalue weighted by Gasteiger charge is -2.14. The van der Waals surface area contributed by atoms with E-state index in [0.29, 0.717) is 0 Å². The van der Waals surface area contributed by atoms with Crippen LogP contribution in [-0.2, 0) is 6.42 Å². The van der Waals surface area contributed by atoms with E-state index in [1.807, 2.05) is 0 Å². The van der Waals surface area contributed by atoms with Gasteiger partial charge in [-0.25, -0.2) is 0 Å². The molecule has 0 aliphatic rings. The highest BCUT2D eigenvalue weighted by atomic mass is 32.1. The van der Waals surface area contributed by atoms with Gasteiger partial charge < -0.3 is 5.73 Å². The van der Waals surface area contributed by atoms with E-state index in [0.717, 1.165) is 22.9 Å². The normalized spacial score (nSPS) is 14.4. The summed E-state index contributed by atoms with van der Waals surface area (Å²) in [5.74, 6) is 0. The van der Waals surface area contributed by atoms with Crippen molar-refractivity contribution in [3.63, 3.8) is 0 Å². The third-order valence-corrected chi connectivity index (χ3v) is 2.98. The first-order valence-corrected chi connectivity index (χ1v) is 5.82. The molecule has 80 valence electrons. The summed E-state index contributed by atoms with van der Waals surface area (Å²) < 4.78 is 0. The van der Waals surface area contributed by atoms with Gasteiger partial charge in [-0.15, -0.1) is 10.2 Å². The largest absolute Gasteiger partial charge is 0.322 e. The van der Waals surface area contributed by atoms with E-state index in [1.165, 1.54) is 0 Å². The van der Waals surface area contributed by atoms with Crippen LogP contribution in [0.25, 0.3) is 0 Å². The number of hydrogen-bond donors (Lipinski definition) is 1. The second-order valence-electron chi connectivity index (χ2n) is 4.79. The van der Waals surface area contributed by atoms with Crippen LogP contribution in [0.5, 0.6) is 0 Å². The molecule has 0 saturated carbocycles. The molecular weight excluding hydrogens is 194 g/mol. The SMILES string of the molecule is CCC(N)c1nnc(CC(C)(C)C)s1. The highest BCUT2D eigenvalue weighted by molar-refractivity contribution is 7.11. The van der Waals surface area contributed by atoms with Crippen LogP contribution in [0.1, 0.15) is 50.2 Å². The van der Waals surface area contributed by atoms with Crippen LogP contribution >= 0.6 is 11.3 Å². The van der Waals surface area contributed by atoms with Gasteiger partial charge in [0.1, 0.15) is 10.0 Å². The van der Waals surface area contributed by atoms with E-state index in [4.69, 9.17) is 5.73 Å². The molecule has 1 aromatic heterocycles. The Hall–Kier alpha value is -0.480. The number of nitrogens with two attached hydrogens (primary N) is 1. The minimum absolute atomic E-state index is 0.0567. The van der Waals surface area contributed by atoms with Crippen molar-refractivity contribution in [3.8, 4) is 0 Å². The lowest BCUT2D eigenvalue weighted by molar-refractivity contribution is 0.409. The van der Waals surface area contributed by atoms with E-state index in [1.54, 1.807) is 11.3 Å². The zero-order valence-corrected chi connectivity index (χ0v) is 10.2. The molecule has 0 saturated heterocycles. The van der Waals surface area contributed by atoms with Crippen LogP contribution in [0, 0.1) is 5.41 Å². The Morgan fingerprint density at radius 3 is 2.50 bits per heavy atom. The Balaban J connectivity index is 2.69. The molecule has 3 nitrogen and oxygen atoms in total. The maximum Gasteiger partial charge on any atom is 0.134 e. The molecule has 0 fully saturated rings. The molecular formula is C10H19N3S. The maximum atomic E-state index is 5.88. The Labute approximate surface area is 89.7 Å². The summed E-state index contributed by atoms with van der Waals surface area (Å²) in [5.41, 5.74) is 6.15. The number of rotatable bonds is 3. The van der Waals surface area contributed by atoms with Crippen LogP contribution in [0.3, 0.4) is 0 Å². The molecule has 1 rings (SSSR count). The molecule has 1 heterocycles. The van der Waals surface area contributed by atoms with Crippen LogP contribution in [0.4, 0.5) is 0 Å². The predicted octanol–water partition coefficient (Wildman–Crippen LogP) is 2.54.